The van der Waals surface area contributed by atoms with Crippen LogP contribution in [0.2, 0.25) is 0 Å². The average molecular weight is 323 g/mol. The van der Waals surface area contributed by atoms with Gasteiger partial charge in [0.05, 0.1) is 11.2 Å². The second-order valence-electron chi connectivity index (χ2n) is 6.78. The molecule has 1 N–H and O–H groups in total. The van der Waals surface area contributed by atoms with E-state index in [1.807, 2.05) is 10.4 Å². The van der Waals surface area contributed by atoms with Gasteiger partial charge in [-0.15, -0.1) is 11.3 Å². The molecule has 1 atom stereocenters. The van der Waals surface area contributed by atoms with Crippen molar-refractivity contribution in [2.75, 3.05) is 32.8 Å². The van der Waals surface area contributed by atoms with Crippen LogP contribution in [-0.4, -0.2) is 58.6 Å². The summed E-state index contributed by atoms with van der Waals surface area (Å²) in [5, 5.41) is 9.73. The fourth-order valence-electron chi connectivity index (χ4n) is 3.93. The van der Waals surface area contributed by atoms with Crippen molar-refractivity contribution in [1.29, 1.82) is 0 Å². The van der Waals surface area contributed by atoms with Gasteiger partial charge in [0, 0.05) is 44.0 Å². The van der Waals surface area contributed by atoms with E-state index in [4.69, 9.17) is 0 Å². The summed E-state index contributed by atoms with van der Waals surface area (Å²) in [7, 11) is 0. The molecule has 2 aliphatic rings. The zero-order chi connectivity index (χ0) is 15.7. The van der Waals surface area contributed by atoms with Gasteiger partial charge in [-0.05, 0) is 38.3 Å². The molecule has 3 rings (SSSR count). The molecule has 2 saturated heterocycles. The number of aliphatic hydroxyl groups is 1. The first-order valence-corrected chi connectivity index (χ1v) is 8.90. The molecular weight excluding hydrogens is 298 g/mol. The van der Waals surface area contributed by atoms with Crippen LogP contribution in [-0.2, 0) is 11.3 Å². The van der Waals surface area contributed by atoms with E-state index in [0.29, 0.717) is 0 Å². The summed E-state index contributed by atoms with van der Waals surface area (Å²) >= 11 is 1.73. The van der Waals surface area contributed by atoms with Crippen LogP contribution in [0.3, 0.4) is 0 Å². The summed E-state index contributed by atoms with van der Waals surface area (Å²) in [5.41, 5.74) is 3.18. The van der Waals surface area contributed by atoms with E-state index in [1.54, 1.807) is 18.3 Å². The van der Waals surface area contributed by atoms with Gasteiger partial charge in [-0.2, -0.15) is 0 Å². The van der Waals surface area contributed by atoms with Gasteiger partial charge in [-0.1, -0.05) is 0 Å². The second kappa shape index (κ2) is 6.26. The Labute approximate surface area is 135 Å². The lowest BCUT2D eigenvalue weighted by Gasteiger charge is -2.42. The summed E-state index contributed by atoms with van der Waals surface area (Å²) in [4.78, 5) is 21.8. The highest BCUT2D eigenvalue weighted by molar-refractivity contribution is 7.09. The first-order valence-electron chi connectivity index (χ1n) is 8.02. The fourth-order valence-corrected chi connectivity index (χ4v) is 4.75. The standard InChI is InChI=1S/C16H25N3O2S/c1-12-15(22-11-17-12)8-18-5-3-16(4-6-18)10-19(13(2)21)7-14(16)9-20/h11,14,20H,3-10H2,1-2H3. The van der Waals surface area contributed by atoms with Gasteiger partial charge in [0.25, 0.3) is 0 Å². The van der Waals surface area contributed by atoms with Crippen molar-refractivity contribution in [2.45, 2.75) is 33.2 Å². The van der Waals surface area contributed by atoms with Gasteiger partial charge in [0.15, 0.2) is 0 Å². The number of hydrogen-bond acceptors (Lipinski definition) is 5. The van der Waals surface area contributed by atoms with Crippen LogP contribution < -0.4 is 0 Å². The number of likely N-dealkylation sites (tertiary alicyclic amines) is 2. The molecule has 2 fully saturated rings. The van der Waals surface area contributed by atoms with E-state index in [2.05, 4.69) is 16.8 Å². The Morgan fingerprint density at radius 2 is 2.23 bits per heavy atom. The molecule has 1 aromatic rings. The first kappa shape index (κ1) is 15.9. The SMILES string of the molecule is CC(=O)N1CC(CO)C2(CCN(Cc3scnc3C)CC2)C1. The van der Waals surface area contributed by atoms with Crippen LogP contribution in [0.15, 0.2) is 5.51 Å². The highest BCUT2D eigenvalue weighted by Crippen LogP contribution is 2.44. The number of aromatic nitrogens is 1. The van der Waals surface area contributed by atoms with Crippen molar-refractivity contribution in [2.24, 2.45) is 11.3 Å². The van der Waals surface area contributed by atoms with E-state index in [-0.39, 0.29) is 23.8 Å². The predicted octanol–water partition coefficient (Wildman–Crippen LogP) is 1.50. The van der Waals surface area contributed by atoms with Crippen LogP contribution >= 0.6 is 11.3 Å². The number of aliphatic hydroxyl groups excluding tert-OH is 1. The number of carbonyl (C=O) groups excluding carboxylic acids is 1. The molecule has 1 spiro atoms. The van der Waals surface area contributed by atoms with Crippen molar-refractivity contribution in [3.05, 3.63) is 16.1 Å². The molecule has 0 saturated carbocycles. The fraction of sp³-hybridized carbons (Fsp3) is 0.750. The number of carbonyl (C=O) groups is 1. The Kier molecular flexibility index (Phi) is 4.52. The zero-order valence-electron chi connectivity index (χ0n) is 13.4. The number of nitrogens with zero attached hydrogens (tertiary/aromatic N) is 3. The number of hydrogen-bond donors (Lipinski definition) is 1. The maximum absolute atomic E-state index is 11.7. The number of piperidine rings is 1. The third-order valence-corrected chi connectivity index (χ3v) is 6.46. The molecule has 0 aromatic carbocycles. The minimum atomic E-state index is 0.125. The van der Waals surface area contributed by atoms with E-state index in [0.717, 1.165) is 51.3 Å². The van der Waals surface area contributed by atoms with Crippen molar-refractivity contribution in [3.63, 3.8) is 0 Å². The van der Waals surface area contributed by atoms with Gasteiger partial charge < -0.3 is 10.0 Å². The maximum atomic E-state index is 11.7. The smallest absolute Gasteiger partial charge is 0.219 e. The van der Waals surface area contributed by atoms with Gasteiger partial charge >= 0.3 is 0 Å². The molecule has 122 valence electrons. The molecule has 1 unspecified atom stereocenters. The van der Waals surface area contributed by atoms with Gasteiger partial charge in [-0.25, -0.2) is 4.98 Å². The molecule has 0 aliphatic carbocycles. The lowest BCUT2D eigenvalue weighted by atomic mass is 9.71. The molecule has 1 aromatic heterocycles. The summed E-state index contributed by atoms with van der Waals surface area (Å²) in [6.07, 6.45) is 2.14. The van der Waals surface area contributed by atoms with E-state index < -0.39 is 0 Å². The quantitative estimate of drug-likeness (QED) is 0.916. The van der Waals surface area contributed by atoms with Gasteiger partial charge in [0.2, 0.25) is 5.91 Å². The lowest BCUT2D eigenvalue weighted by molar-refractivity contribution is -0.128. The number of aryl methyl sites for hydroxylation is 1. The minimum absolute atomic E-state index is 0.125. The summed E-state index contributed by atoms with van der Waals surface area (Å²) in [5.74, 6) is 0.377. The third kappa shape index (κ3) is 2.92. The Morgan fingerprint density at radius 3 is 2.77 bits per heavy atom. The number of rotatable bonds is 3. The molecule has 6 heteroatoms. The van der Waals surface area contributed by atoms with E-state index in [1.165, 1.54) is 4.88 Å². The van der Waals surface area contributed by atoms with Gasteiger partial charge in [0.1, 0.15) is 0 Å². The van der Waals surface area contributed by atoms with Crippen LogP contribution in [0.1, 0.15) is 30.3 Å². The molecule has 5 nitrogen and oxygen atoms in total. The van der Waals surface area contributed by atoms with Crippen molar-refractivity contribution in [3.8, 4) is 0 Å². The van der Waals surface area contributed by atoms with Crippen LogP contribution in [0.4, 0.5) is 0 Å². The Bertz CT molecular complexity index is 537. The summed E-state index contributed by atoms with van der Waals surface area (Å²) < 4.78 is 0. The largest absolute Gasteiger partial charge is 0.396 e. The zero-order valence-corrected chi connectivity index (χ0v) is 14.2. The lowest BCUT2D eigenvalue weighted by Crippen LogP contribution is -2.44. The van der Waals surface area contributed by atoms with Crippen LogP contribution in [0.25, 0.3) is 0 Å². The van der Waals surface area contributed by atoms with Crippen LogP contribution in [0.5, 0.6) is 0 Å². The topological polar surface area (TPSA) is 56.7 Å². The maximum Gasteiger partial charge on any atom is 0.219 e. The minimum Gasteiger partial charge on any atom is -0.396 e. The number of thiazole rings is 1. The van der Waals surface area contributed by atoms with Crippen LogP contribution in [0, 0.1) is 18.3 Å². The van der Waals surface area contributed by atoms with Crippen molar-refractivity contribution >= 4 is 17.2 Å². The Balaban J connectivity index is 1.63. The predicted molar refractivity (Wildman–Crippen MR) is 86.6 cm³/mol. The van der Waals surface area contributed by atoms with E-state index >= 15 is 0 Å². The third-order valence-electron chi connectivity index (χ3n) is 5.54. The molecule has 0 radical (unpaired) electrons. The molecule has 3 heterocycles. The van der Waals surface area contributed by atoms with Crippen molar-refractivity contribution < 1.29 is 9.90 Å². The molecule has 22 heavy (non-hydrogen) atoms. The highest BCUT2D eigenvalue weighted by atomic mass is 32.1. The first-order chi connectivity index (χ1) is 10.5. The molecular formula is C16H25N3O2S. The molecule has 2 aliphatic heterocycles. The second-order valence-corrected chi connectivity index (χ2v) is 7.72. The normalized spacial score (nSPS) is 25.0. The summed E-state index contributed by atoms with van der Waals surface area (Å²) in [6, 6.07) is 0. The Morgan fingerprint density at radius 1 is 1.50 bits per heavy atom. The monoisotopic (exact) mass is 323 g/mol. The summed E-state index contributed by atoms with van der Waals surface area (Å²) in [6.45, 7) is 8.50. The number of amides is 1. The highest BCUT2D eigenvalue weighted by Gasteiger charge is 2.48. The van der Waals surface area contributed by atoms with Gasteiger partial charge in [-0.3, -0.25) is 9.69 Å². The molecule has 0 bridgehead atoms. The van der Waals surface area contributed by atoms with Crippen molar-refractivity contribution in [1.82, 2.24) is 14.8 Å². The molecule has 1 amide bonds. The average Bonchev–Trinajstić information content (AvgIpc) is 3.06. The Hall–Kier alpha value is -0.980. The van der Waals surface area contributed by atoms with E-state index in [9.17, 15) is 9.90 Å².